The van der Waals surface area contributed by atoms with Crippen LogP contribution in [0.3, 0.4) is 0 Å². The number of nitro benzene ring substituents is 1. The molecule has 0 aliphatic carbocycles. The van der Waals surface area contributed by atoms with Gasteiger partial charge in [0.15, 0.2) is 15.5 Å². The molecule has 174 valence electrons. The van der Waals surface area contributed by atoms with E-state index in [1.165, 1.54) is 18.2 Å². The molecular weight excluding hydrogens is 477 g/mol. The van der Waals surface area contributed by atoms with E-state index >= 15 is 0 Å². The zero-order chi connectivity index (χ0) is 23.7. The van der Waals surface area contributed by atoms with E-state index < -0.39 is 38.2 Å². The number of alkyl halides is 3. The summed E-state index contributed by atoms with van der Waals surface area (Å²) in [6, 6.07) is 4.60. The summed E-state index contributed by atoms with van der Waals surface area (Å²) in [6.45, 7) is -0.223. The Kier molecular flexibility index (Phi) is 6.79. The van der Waals surface area contributed by atoms with E-state index in [4.69, 9.17) is 11.6 Å². The molecule has 1 saturated heterocycles. The van der Waals surface area contributed by atoms with Crippen molar-refractivity contribution in [3.05, 3.63) is 56.4 Å². The van der Waals surface area contributed by atoms with Crippen molar-refractivity contribution in [1.82, 2.24) is 15.1 Å². The minimum absolute atomic E-state index is 0.00620. The molecule has 1 aromatic carbocycles. The molecule has 1 N–H and O–H groups in total. The summed E-state index contributed by atoms with van der Waals surface area (Å²) in [5, 5.41) is 16.2. The largest absolute Gasteiger partial charge is 0.432 e. The molecule has 2 heterocycles. The molecule has 0 radical (unpaired) electrons. The number of H-pyrrole nitrogens is 1. The second kappa shape index (κ2) is 9.06. The average molecular weight is 495 g/mol. The van der Waals surface area contributed by atoms with Gasteiger partial charge in [0.25, 0.3) is 11.6 Å². The Morgan fingerprint density at radius 2 is 2.09 bits per heavy atom. The Balaban J connectivity index is 1.85. The number of aromatic amines is 1. The highest BCUT2D eigenvalue weighted by atomic mass is 35.5. The highest BCUT2D eigenvalue weighted by Gasteiger charge is 2.35. The standard InChI is InChI=1S/C18H18ClF3N4O5S/c19-16-12(2-1-3-14(16)26(28)29)9-25(6-4-11-5-7-32(30,31)10-11)17(27)13-8-15(24-23-13)18(20,21)22/h1-3,8,11H,4-7,9-10H2,(H,23,24). The molecule has 0 spiro atoms. The highest BCUT2D eigenvalue weighted by Crippen LogP contribution is 2.31. The van der Waals surface area contributed by atoms with Crippen molar-refractivity contribution in [2.24, 2.45) is 5.92 Å². The van der Waals surface area contributed by atoms with Gasteiger partial charge in [-0.2, -0.15) is 18.3 Å². The van der Waals surface area contributed by atoms with Crippen LogP contribution in [-0.2, 0) is 22.6 Å². The van der Waals surface area contributed by atoms with E-state index in [0.717, 1.165) is 4.90 Å². The van der Waals surface area contributed by atoms with E-state index in [2.05, 4.69) is 5.10 Å². The Morgan fingerprint density at radius 3 is 2.66 bits per heavy atom. The number of sulfone groups is 1. The number of hydrogen-bond acceptors (Lipinski definition) is 6. The molecule has 1 aliphatic heterocycles. The van der Waals surface area contributed by atoms with E-state index in [-0.39, 0.29) is 53.2 Å². The van der Waals surface area contributed by atoms with Gasteiger partial charge in [-0.25, -0.2) is 8.42 Å². The van der Waals surface area contributed by atoms with Gasteiger partial charge in [0.05, 0.1) is 16.4 Å². The maximum absolute atomic E-state index is 12.9. The summed E-state index contributed by atoms with van der Waals surface area (Å²) < 4.78 is 62.0. The molecule has 14 heteroatoms. The molecule has 1 aliphatic rings. The predicted molar refractivity (Wildman–Crippen MR) is 108 cm³/mol. The lowest BCUT2D eigenvalue weighted by atomic mass is 10.0. The van der Waals surface area contributed by atoms with Crippen LogP contribution >= 0.6 is 11.6 Å². The second-order valence-corrected chi connectivity index (χ2v) is 10.1. The SMILES string of the molecule is O=C(c1cc(C(F)(F)F)[nH]n1)N(CCC1CCS(=O)(=O)C1)Cc1cccc([N+](=O)[O-])c1Cl. The fraction of sp³-hybridized carbons (Fsp3) is 0.444. The summed E-state index contributed by atoms with van der Waals surface area (Å²) in [4.78, 5) is 24.5. The van der Waals surface area contributed by atoms with Crippen molar-refractivity contribution in [3.8, 4) is 0 Å². The van der Waals surface area contributed by atoms with Crippen molar-refractivity contribution in [3.63, 3.8) is 0 Å². The number of halogens is 4. The normalized spacial score (nSPS) is 17.9. The van der Waals surface area contributed by atoms with E-state index in [1.807, 2.05) is 0 Å². The minimum Gasteiger partial charge on any atom is -0.333 e. The molecule has 9 nitrogen and oxygen atoms in total. The van der Waals surface area contributed by atoms with Gasteiger partial charge in [-0.3, -0.25) is 20.0 Å². The van der Waals surface area contributed by atoms with Gasteiger partial charge in [-0.15, -0.1) is 0 Å². The smallest absolute Gasteiger partial charge is 0.333 e. The quantitative estimate of drug-likeness (QED) is 0.464. The van der Waals surface area contributed by atoms with E-state index in [1.54, 1.807) is 5.10 Å². The third-order valence-electron chi connectivity index (χ3n) is 5.14. The molecule has 1 fully saturated rings. The van der Waals surface area contributed by atoms with Crippen LogP contribution in [0, 0.1) is 16.0 Å². The van der Waals surface area contributed by atoms with Gasteiger partial charge in [0, 0.05) is 25.2 Å². The number of nitrogens with one attached hydrogen (secondary N) is 1. The number of amides is 1. The van der Waals surface area contributed by atoms with Crippen LogP contribution in [0.15, 0.2) is 24.3 Å². The zero-order valence-electron chi connectivity index (χ0n) is 16.4. The van der Waals surface area contributed by atoms with Gasteiger partial charge in [0.2, 0.25) is 0 Å². The molecule has 0 saturated carbocycles. The van der Waals surface area contributed by atoms with Gasteiger partial charge in [-0.1, -0.05) is 23.7 Å². The lowest BCUT2D eigenvalue weighted by Crippen LogP contribution is -2.33. The summed E-state index contributed by atoms with van der Waals surface area (Å²) in [5.41, 5.74) is -1.84. The average Bonchev–Trinajstić information content (AvgIpc) is 3.32. The van der Waals surface area contributed by atoms with Gasteiger partial charge >= 0.3 is 6.18 Å². The third kappa shape index (κ3) is 5.57. The molecule has 1 amide bonds. The van der Waals surface area contributed by atoms with Crippen LogP contribution in [0.25, 0.3) is 0 Å². The second-order valence-electron chi connectivity index (χ2n) is 7.46. The van der Waals surface area contributed by atoms with Gasteiger partial charge in [-0.05, 0) is 24.3 Å². The first-order valence-corrected chi connectivity index (χ1v) is 11.6. The number of nitrogens with zero attached hydrogens (tertiary/aromatic N) is 3. The number of carbonyl (C=O) groups is 1. The maximum Gasteiger partial charge on any atom is 0.432 e. The van der Waals surface area contributed by atoms with E-state index in [9.17, 15) is 36.5 Å². The van der Waals surface area contributed by atoms with Crippen molar-refractivity contribution in [2.45, 2.75) is 25.6 Å². The molecule has 1 atom stereocenters. The lowest BCUT2D eigenvalue weighted by Gasteiger charge is -2.24. The maximum atomic E-state index is 12.9. The van der Waals surface area contributed by atoms with Crippen LogP contribution in [0.5, 0.6) is 0 Å². The highest BCUT2D eigenvalue weighted by molar-refractivity contribution is 7.91. The van der Waals surface area contributed by atoms with E-state index in [0.29, 0.717) is 12.5 Å². The number of aromatic nitrogens is 2. The summed E-state index contributed by atoms with van der Waals surface area (Å²) in [5.74, 6) is -1.05. The first-order valence-electron chi connectivity index (χ1n) is 9.41. The van der Waals surface area contributed by atoms with Crippen LogP contribution < -0.4 is 0 Å². The minimum atomic E-state index is -4.72. The van der Waals surface area contributed by atoms with Crippen molar-refractivity contribution in [1.29, 1.82) is 0 Å². The van der Waals surface area contributed by atoms with Crippen LogP contribution in [-0.4, -0.2) is 52.4 Å². The molecular formula is C18H18ClF3N4O5S. The van der Waals surface area contributed by atoms with Gasteiger partial charge in [0.1, 0.15) is 10.7 Å². The Morgan fingerprint density at radius 1 is 1.38 bits per heavy atom. The van der Waals surface area contributed by atoms with Crippen LogP contribution in [0.4, 0.5) is 18.9 Å². The van der Waals surface area contributed by atoms with Crippen molar-refractivity contribution >= 4 is 33.0 Å². The fourth-order valence-electron chi connectivity index (χ4n) is 3.46. The van der Waals surface area contributed by atoms with Crippen molar-refractivity contribution in [2.75, 3.05) is 18.1 Å². The Bertz CT molecular complexity index is 1140. The number of rotatable bonds is 7. The number of nitro groups is 1. The number of hydrogen-bond donors (Lipinski definition) is 1. The topological polar surface area (TPSA) is 126 Å². The zero-order valence-corrected chi connectivity index (χ0v) is 18.0. The molecule has 3 rings (SSSR count). The van der Waals surface area contributed by atoms with Crippen molar-refractivity contribution < 1.29 is 31.3 Å². The predicted octanol–water partition coefficient (Wildman–Crippen LogP) is 3.46. The third-order valence-corrected chi connectivity index (χ3v) is 7.41. The summed E-state index contributed by atoms with van der Waals surface area (Å²) >= 11 is 6.10. The van der Waals surface area contributed by atoms with Gasteiger partial charge < -0.3 is 4.90 Å². The fourth-order valence-corrected chi connectivity index (χ4v) is 5.63. The number of carbonyl (C=O) groups excluding carboxylic acids is 1. The molecule has 0 bridgehead atoms. The molecule has 1 aromatic heterocycles. The molecule has 1 unspecified atom stereocenters. The first kappa shape index (κ1) is 24.0. The summed E-state index contributed by atoms with van der Waals surface area (Å²) in [6.07, 6.45) is -4.02. The lowest BCUT2D eigenvalue weighted by molar-refractivity contribution is -0.384. The monoisotopic (exact) mass is 494 g/mol. The Hall–Kier alpha value is -2.67. The first-order chi connectivity index (χ1) is 14.9. The number of benzene rings is 1. The summed E-state index contributed by atoms with van der Waals surface area (Å²) in [7, 11) is -3.15. The van der Waals surface area contributed by atoms with Crippen LogP contribution in [0.2, 0.25) is 5.02 Å². The van der Waals surface area contributed by atoms with Crippen LogP contribution in [0.1, 0.15) is 34.6 Å². The Labute approximate surface area is 185 Å². The molecule has 2 aromatic rings. The molecule has 32 heavy (non-hydrogen) atoms.